The smallest absolute Gasteiger partial charge is 0.332 e. The number of carbonyl (C=O) groups excluding carboxylic acids is 4. The lowest BCUT2D eigenvalue weighted by Gasteiger charge is -2.31. The van der Waals surface area contributed by atoms with Crippen molar-refractivity contribution in [1.29, 1.82) is 0 Å². The molecule has 0 spiro atoms. The van der Waals surface area contributed by atoms with Crippen LogP contribution in [0.4, 0.5) is 0 Å². The molecule has 2 aromatic rings. The minimum absolute atomic E-state index is 0.0109. The van der Waals surface area contributed by atoms with Gasteiger partial charge in [-0.2, -0.15) is 0 Å². The predicted octanol–water partition coefficient (Wildman–Crippen LogP) is 3.18. The number of amides is 1. The van der Waals surface area contributed by atoms with E-state index in [0.29, 0.717) is 6.42 Å². The first-order valence-electron chi connectivity index (χ1n) is 13.6. The van der Waals surface area contributed by atoms with Crippen LogP contribution in [0.1, 0.15) is 50.2 Å². The molecular formula is C31H35NO8. The van der Waals surface area contributed by atoms with E-state index in [0.717, 1.165) is 30.4 Å². The number of unbranched alkanes of at least 4 members (excludes halogenated alkanes) is 2. The summed E-state index contributed by atoms with van der Waals surface area (Å²) in [5.41, 5.74) is -0.264. The summed E-state index contributed by atoms with van der Waals surface area (Å²) in [4.78, 5) is 51.7. The van der Waals surface area contributed by atoms with Crippen LogP contribution in [0.2, 0.25) is 0 Å². The normalized spacial score (nSPS) is 25.4. The van der Waals surface area contributed by atoms with Gasteiger partial charge in [0.05, 0.1) is 18.4 Å². The molecule has 9 nitrogen and oxygen atoms in total. The summed E-state index contributed by atoms with van der Waals surface area (Å²) >= 11 is 0. The van der Waals surface area contributed by atoms with Crippen LogP contribution in [0.15, 0.2) is 72.8 Å². The fraction of sp³-hybridized carbons (Fsp3) is 0.419. The Bertz CT molecular complexity index is 1210. The Labute approximate surface area is 233 Å². The second kappa shape index (κ2) is 13.5. The highest BCUT2D eigenvalue weighted by Crippen LogP contribution is 2.46. The number of benzene rings is 2. The molecule has 0 unspecified atom stereocenters. The molecule has 2 heterocycles. The third kappa shape index (κ3) is 6.84. The van der Waals surface area contributed by atoms with E-state index in [9.17, 15) is 24.3 Å². The number of aliphatic hydroxyl groups is 1. The maximum Gasteiger partial charge on any atom is 0.332 e. The fourth-order valence-corrected chi connectivity index (χ4v) is 5.18. The van der Waals surface area contributed by atoms with Gasteiger partial charge in [-0.15, -0.1) is 0 Å². The molecule has 2 saturated heterocycles. The van der Waals surface area contributed by atoms with E-state index < -0.39 is 54.0 Å². The van der Waals surface area contributed by atoms with Gasteiger partial charge in [-0.3, -0.25) is 14.4 Å². The molecule has 4 rings (SSSR count). The standard InChI is InChI=1S/C31H35NO8/c1-2-3-6-15-23(33)16-17-24-27(35)26-29(36)32-28(30(37)39-20-22-13-9-5-10-14-22)31(26,40-24)18-25(34)38-19-21-11-7-4-8-12-21/h4-5,7-14,16-17,24,26-28,35H,2-3,6,15,18-20H2,1H3,(H,32,36)/b17-16+/t24-,26+,27+,28-,31+/m0/s1. The molecule has 9 heteroatoms. The number of ether oxygens (including phenoxy) is 3. The van der Waals surface area contributed by atoms with Gasteiger partial charge < -0.3 is 24.6 Å². The first kappa shape index (κ1) is 29.2. The molecule has 0 bridgehead atoms. The number of aliphatic hydroxyl groups excluding tert-OH is 1. The van der Waals surface area contributed by atoms with Gasteiger partial charge in [0.2, 0.25) is 5.91 Å². The molecule has 212 valence electrons. The van der Waals surface area contributed by atoms with E-state index in [1.54, 1.807) is 36.4 Å². The van der Waals surface area contributed by atoms with Gasteiger partial charge in [-0.1, -0.05) is 80.4 Å². The van der Waals surface area contributed by atoms with Crippen molar-refractivity contribution in [2.45, 2.75) is 76.1 Å². The average Bonchev–Trinajstić information content (AvgIpc) is 3.40. The number of carbonyl (C=O) groups is 4. The summed E-state index contributed by atoms with van der Waals surface area (Å²) < 4.78 is 17.1. The SMILES string of the molecule is CCCCCC(=O)/C=C/[C@@H]1O[C@@]2(CC(=O)OCc3ccccc3)[C@H](C(=O)OCc3ccccc3)NC(=O)[C@H]2[C@@H]1O. The Morgan fingerprint density at radius 3 is 2.23 bits per heavy atom. The first-order valence-corrected chi connectivity index (χ1v) is 13.6. The fourth-order valence-electron chi connectivity index (χ4n) is 5.18. The number of hydrogen-bond acceptors (Lipinski definition) is 8. The largest absolute Gasteiger partial charge is 0.461 e. The van der Waals surface area contributed by atoms with Crippen molar-refractivity contribution in [3.05, 3.63) is 83.9 Å². The summed E-state index contributed by atoms with van der Waals surface area (Å²) in [6.45, 7) is 1.98. The summed E-state index contributed by atoms with van der Waals surface area (Å²) in [5.74, 6) is -3.55. The van der Waals surface area contributed by atoms with E-state index in [-0.39, 0.29) is 19.0 Å². The summed E-state index contributed by atoms with van der Waals surface area (Å²) in [5, 5.41) is 13.7. The van der Waals surface area contributed by atoms with E-state index in [4.69, 9.17) is 14.2 Å². The zero-order chi connectivity index (χ0) is 28.5. The third-order valence-electron chi connectivity index (χ3n) is 7.24. The van der Waals surface area contributed by atoms with Gasteiger partial charge in [0.15, 0.2) is 11.8 Å². The molecule has 1 amide bonds. The highest BCUT2D eigenvalue weighted by molar-refractivity contribution is 5.95. The molecular weight excluding hydrogens is 514 g/mol. The molecule has 2 N–H and O–H groups in total. The van der Waals surface area contributed by atoms with Crippen LogP contribution in [0.5, 0.6) is 0 Å². The number of nitrogens with one attached hydrogen (secondary N) is 1. The van der Waals surface area contributed by atoms with Crippen LogP contribution in [0.25, 0.3) is 0 Å². The van der Waals surface area contributed by atoms with Crippen molar-refractivity contribution >= 4 is 23.6 Å². The molecule has 0 aromatic heterocycles. The van der Waals surface area contributed by atoms with Crippen molar-refractivity contribution in [3.8, 4) is 0 Å². The zero-order valence-electron chi connectivity index (χ0n) is 22.5. The highest BCUT2D eigenvalue weighted by Gasteiger charge is 2.68. The van der Waals surface area contributed by atoms with Gasteiger partial charge in [0.25, 0.3) is 0 Å². The molecule has 2 aliphatic heterocycles. The summed E-state index contributed by atoms with van der Waals surface area (Å²) in [6, 6.07) is 16.7. The van der Waals surface area contributed by atoms with Gasteiger partial charge in [-0.25, -0.2) is 4.79 Å². The first-order chi connectivity index (χ1) is 19.3. The second-order valence-electron chi connectivity index (χ2n) is 10.1. The lowest BCUT2D eigenvalue weighted by molar-refractivity contribution is -0.163. The Kier molecular flexibility index (Phi) is 9.84. The van der Waals surface area contributed by atoms with Gasteiger partial charge in [-0.05, 0) is 29.7 Å². The minimum atomic E-state index is -1.77. The second-order valence-corrected chi connectivity index (χ2v) is 10.1. The van der Waals surface area contributed by atoms with Crippen LogP contribution < -0.4 is 5.32 Å². The lowest BCUT2D eigenvalue weighted by Crippen LogP contribution is -2.53. The maximum absolute atomic E-state index is 13.3. The Hall–Kier alpha value is -3.82. The Morgan fingerprint density at radius 1 is 0.975 bits per heavy atom. The van der Waals surface area contributed by atoms with Gasteiger partial charge >= 0.3 is 11.9 Å². The monoisotopic (exact) mass is 549 g/mol. The van der Waals surface area contributed by atoms with Crippen LogP contribution in [-0.4, -0.2) is 52.6 Å². The third-order valence-corrected chi connectivity index (χ3v) is 7.24. The number of hydrogen-bond donors (Lipinski definition) is 2. The molecule has 2 fully saturated rings. The van der Waals surface area contributed by atoms with Crippen molar-refractivity contribution in [2.24, 2.45) is 5.92 Å². The number of esters is 2. The van der Waals surface area contributed by atoms with Crippen molar-refractivity contribution in [3.63, 3.8) is 0 Å². The Balaban J connectivity index is 1.54. The predicted molar refractivity (Wildman–Crippen MR) is 144 cm³/mol. The maximum atomic E-state index is 13.3. The number of ketones is 1. The summed E-state index contributed by atoms with van der Waals surface area (Å²) in [6.07, 6.45) is 2.74. The van der Waals surface area contributed by atoms with Crippen LogP contribution >= 0.6 is 0 Å². The Morgan fingerprint density at radius 2 is 1.60 bits per heavy atom. The zero-order valence-corrected chi connectivity index (χ0v) is 22.5. The molecule has 5 atom stereocenters. The molecule has 0 aliphatic carbocycles. The summed E-state index contributed by atoms with van der Waals surface area (Å²) in [7, 11) is 0. The van der Waals surface area contributed by atoms with Crippen LogP contribution in [0, 0.1) is 5.92 Å². The number of rotatable bonds is 13. The van der Waals surface area contributed by atoms with E-state index >= 15 is 0 Å². The molecule has 40 heavy (non-hydrogen) atoms. The van der Waals surface area contributed by atoms with E-state index in [1.165, 1.54) is 12.2 Å². The molecule has 0 saturated carbocycles. The van der Waals surface area contributed by atoms with Gasteiger partial charge in [0, 0.05) is 6.42 Å². The quantitative estimate of drug-likeness (QED) is 0.222. The van der Waals surface area contributed by atoms with Crippen molar-refractivity contribution < 1.29 is 38.5 Å². The van der Waals surface area contributed by atoms with E-state index in [1.807, 2.05) is 31.2 Å². The van der Waals surface area contributed by atoms with Crippen molar-refractivity contribution in [1.82, 2.24) is 5.32 Å². The average molecular weight is 550 g/mol. The van der Waals surface area contributed by atoms with Crippen LogP contribution in [0.3, 0.4) is 0 Å². The molecule has 2 aliphatic rings. The van der Waals surface area contributed by atoms with Crippen LogP contribution in [-0.2, 0) is 46.6 Å². The topological polar surface area (TPSA) is 128 Å². The highest BCUT2D eigenvalue weighted by atomic mass is 16.6. The minimum Gasteiger partial charge on any atom is -0.461 e. The number of allylic oxidation sites excluding steroid dienone is 1. The van der Waals surface area contributed by atoms with Crippen molar-refractivity contribution in [2.75, 3.05) is 0 Å². The lowest BCUT2D eigenvalue weighted by atomic mass is 9.80. The molecule has 0 radical (unpaired) electrons. The van der Waals surface area contributed by atoms with E-state index in [2.05, 4.69) is 5.32 Å². The number of fused-ring (bicyclic) bond motifs is 1. The van der Waals surface area contributed by atoms with Gasteiger partial charge in [0.1, 0.15) is 24.9 Å². The molecule has 2 aromatic carbocycles.